The van der Waals surface area contributed by atoms with Gasteiger partial charge in [-0.15, -0.1) is 0 Å². The number of rotatable bonds is 1. The van der Waals surface area contributed by atoms with Gasteiger partial charge in [0, 0.05) is 16.8 Å². The van der Waals surface area contributed by atoms with Crippen LogP contribution in [-0.4, -0.2) is 11.4 Å². The van der Waals surface area contributed by atoms with Gasteiger partial charge in [-0.1, -0.05) is 18.2 Å². The number of amides is 1. The molecule has 1 aliphatic heterocycles. The monoisotopic (exact) mass is 283 g/mol. The van der Waals surface area contributed by atoms with Crippen molar-refractivity contribution in [3.8, 4) is 0 Å². The van der Waals surface area contributed by atoms with Crippen molar-refractivity contribution in [2.75, 3.05) is 4.90 Å². The maximum Gasteiger partial charge on any atom is 0.258 e. The van der Waals surface area contributed by atoms with Crippen LogP contribution in [0.5, 0.6) is 0 Å². The van der Waals surface area contributed by atoms with Gasteiger partial charge in [0.15, 0.2) is 0 Å². The van der Waals surface area contributed by atoms with Gasteiger partial charge >= 0.3 is 0 Å². The van der Waals surface area contributed by atoms with Gasteiger partial charge in [0.2, 0.25) is 0 Å². The molecule has 2 aromatic carbocycles. The van der Waals surface area contributed by atoms with Crippen molar-refractivity contribution in [2.45, 2.75) is 32.2 Å². The highest BCUT2D eigenvalue weighted by Crippen LogP contribution is 2.37. The molecule has 0 fully saturated rings. The fraction of sp³-hybridized carbons (Fsp3) is 0.278. The SMILES string of the molecule is CC1(C)CCc2ccccc2N1C(=O)c1ccc(F)cc1. The van der Waals surface area contributed by atoms with Crippen molar-refractivity contribution in [1.29, 1.82) is 0 Å². The lowest BCUT2D eigenvalue weighted by molar-refractivity contribution is 0.0956. The third-order valence-corrected chi connectivity index (χ3v) is 4.14. The topological polar surface area (TPSA) is 20.3 Å². The zero-order chi connectivity index (χ0) is 15.0. The summed E-state index contributed by atoms with van der Waals surface area (Å²) >= 11 is 0. The van der Waals surface area contributed by atoms with E-state index >= 15 is 0 Å². The Hall–Kier alpha value is -2.16. The molecule has 1 aliphatic rings. The van der Waals surface area contributed by atoms with Gasteiger partial charge < -0.3 is 4.90 Å². The highest BCUT2D eigenvalue weighted by atomic mass is 19.1. The molecule has 1 heterocycles. The third-order valence-electron chi connectivity index (χ3n) is 4.14. The summed E-state index contributed by atoms with van der Waals surface area (Å²) < 4.78 is 13.1. The number of carbonyl (C=O) groups excluding carboxylic acids is 1. The van der Waals surface area contributed by atoms with E-state index < -0.39 is 0 Å². The Morgan fingerprint density at radius 3 is 2.48 bits per heavy atom. The summed E-state index contributed by atoms with van der Waals surface area (Å²) in [6.45, 7) is 4.15. The van der Waals surface area contributed by atoms with E-state index in [2.05, 4.69) is 19.9 Å². The number of hydrogen-bond donors (Lipinski definition) is 0. The molecule has 108 valence electrons. The van der Waals surface area contributed by atoms with E-state index in [1.165, 1.54) is 17.7 Å². The lowest BCUT2D eigenvalue weighted by Gasteiger charge is -2.43. The molecule has 2 aromatic rings. The summed E-state index contributed by atoms with van der Waals surface area (Å²) in [5.41, 5.74) is 2.41. The quantitative estimate of drug-likeness (QED) is 0.768. The lowest BCUT2D eigenvalue weighted by atomic mass is 9.86. The first-order chi connectivity index (χ1) is 9.99. The number of para-hydroxylation sites is 1. The van der Waals surface area contributed by atoms with Gasteiger partial charge in [0.1, 0.15) is 5.82 Å². The van der Waals surface area contributed by atoms with Crippen LogP contribution in [0.25, 0.3) is 0 Å². The molecule has 0 bridgehead atoms. The molecule has 2 nitrogen and oxygen atoms in total. The molecule has 3 heteroatoms. The minimum Gasteiger partial charge on any atom is -0.303 e. The van der Waals surface area contributed by atoms with Gasteiger partial charge in [-0.2, -0.15) is 0 Å². The van der Waals surface area contributed by atoms with Crippen LogP contribution in [0, 0.1) is 5.82 Å². The Labute approximate surface area is 124 Å². The van der Waals surface area contributed by atoms with Gasteiger partial charge in [-0.05, 0) is 62.6 Å². The predicted octanol–water partition coefficient (Wildman–Crippen LogP) is 4.20. The maximum atomic E-state index is 13.1. The average Bonchev–Trinajstić information content (AvgIpc) is 2.46. The Morgan fingerprint density at radius 1 is 1.10 bits per heavy atom. The van der Waals surface area contributed by atoms with Crippen LogP contribution >= 0.6 is 0 Å². The van der Waals surface area contributed by atoms with Crippen LogP contribution in [0.2, 0.25) is 0 Å². The molecule has 0 radical (unpaired) electrons. The first kappa shape index (κ1) is 13.8. The first-order valence-electron chi connectivity index (χ1n) is 7.17. The van der Waals surface area contributed by atoms with Crippen molar-refractivity contribution in [3.63, 3.8) is 0 Å². The van der Waals surface area contributed by atoms with Crippen molar-refractivity contribution in [2.24, 2.45) is 0 Å². The molecular formula is C18H18FNO. The van der Waals surface area contributed by atoms with Crippen molar-refractivity contribution in [1.82, 2.24) is 0 Å². The van der Waals surface area contributed by atoms with Crippen LogP contribution in [0.3, 0.4) is 0 Å². The number of benzene rings is 2. The number of aryl methyl sites for hydroxylation is 1. The van der Waals surface area contributed by atoms with Crippen molar-refractivity contribution in [3.05, 3.63) is 65.5 Å². The smallest absolute Gasteiger partial charge is 0.258 e. The van der Waals surface area contributed by atoms with Gasteiger partial charge in [-0.3, -0.25) is 4.79 Å². The standard InChI is InChI=1S/C18H18FNO/c1-18(2)12-11-13-5-3-4-6-16(13)20(18)17(21)14-7-9-15(19)10-8-14/h3-10H,11-12H2,1-2H3. The van der Waals surface area contributed by atoms with Crippen LogP contribution < -0.4 is 4.90 Å². The zero-order valence-corrected chi connectivity index (χ0v) is 12.3. The van der Waals surface area contributed by atoms with E-state index in [0.29, 0.717) is 5.56 Å². The molecule has 0 atom stereocenters. The third kappa shape index (κ3) is 2.44. The minimum absolute atomic E-state index is 0.0767. The fourth-order valence-electron chi connectivity index (χ4n) is 2.92. The number of nitrogens with zero attached hydrogens (tertiary/aromatic N) is 1. The Kier molecular flexibility index (Phi) is 3.28. The molecule has 0 unspecified atom stereocenters. The summed E-state index contributed by atoms with van der Waals surface area (Å²) in [7, 11) is 0. The van der Waals surface area contributed by atoms with E-state index in [4.69, 9.17) is 0 Å². The van der Waals surface area contributed by atoms with Gasteiger partial charge in [-0.25, -0.2) is 4.39 Å². The number of fused-ring (bicyclic) bond motifs is 1. The number of carbonyl (C=O) groups is 1. The minimum atomic E-state index is -0.329. The molecule has 3 rings (SSSR count). The maximum absolute atomic E-state index is 13.1. The van der Waals surface area contributed by atoms with E-state index in [1.54, 1.807) is 12.1 Å². The number of hydrogen-bond acceptors (Lipinski definition) is 1. The molecule has 0 aromatic heterocycles. The first-order valence-corrected chi connectivity index (χ1v) is 7.17. The summed E-state index contributed by atoms with van der Waals surface area (Å²) in [6.07, 6.45) is 1.88. The lowest BCUT2D eigenvalue weighted by Crippen LogP contribution is -2.51. The largest absolute Gasteiger partial charge is 0.303 e. The van der Waals surface area contributed by atoms with Crippen molar-refractivity contribution < 1.29 is 9.18 Å². The summed E-state index contributed by atoms with van der Waals surface area (Å²) in [5, 5.41) is 0. The molecule has 0 spiro atoms. The Balaban J connectivity index is 2.06. The Morgan fingerprint density at radius 2 is 1.76 bits per heavy atom. The van der Waals surface area contributed by atoms with Crippen LogP contribution in [0.15, 0.2) is 48.5 Å². The predicted molar refractivity (Wildman–Crippen MR) is 82.1 cm³/mol. The van der Waals surface area contributed by atoms with Crippen molar-refractivity contribution >= 4 is 11.6 Å². The molecule has 0 aliphatic carbocycles. The average molecular weight is 283 g/mol. The molecule has 21 heavy (non-hydrogen) atoms. The van der Waals surface area contributed by atoms with E-state index in [-0.39, 0.29) is 17.3 Å². The number of halogens is 1. The number of anilines is 1. The second-order valence-electron chi connectivity index (χ2n) is 6.09. The second kappa shape index (κ2) is 4.99. The van der Waals surface area contributed by atoms with Crippen LogP contribution in [0.1, 0.15) is 36.2 Å². The molecule has 0 saturated heterocycles. The normalized spacial score (nSPS) is 16.4. The molecule has 1 amide bonds. The van der Waals surface area contributed by atoms with E-state index in [0.717, 1.165) is 18.5 Å². The van der Waals surface area contributed by atoms with E-state index in [1.807, 2.05) is 23.1 Å². The van der Waals surface area contributed by atoms with Gasteiger partial charge in [0.05, 0.1) is 0 Å². The van der Waals surface area contributed by atoms with Gasteiger partial charge in [0.25, 0.3) is 5.91 Å². The highest BCUT2D eigenvalue weighted by molar-refractivity contribution is 6.07. The van der Waals surface area contributed by atoms with E-state index in [9.17, 15) is 9.18 Å². The zero-order valence-electron chi connectivity index (χ0n) is 12.3. The summed E-state index contributed by atoms with van der Waals surface area (Å²) in [5.74, 6) is -0.406. The summed E-state index contributed by atoms with van der Waals surface area (Å²) in [6, 6.07) is 13.7. The van der Waals surface area contributed by atoms with Crippen LogP contribution in [-0.2, 0) is 6.42 Å². The molecular weight excluding hydrogens is 265 g/mol. The highest BCUT2D eigenvalue weighted by Gasteiger charge is 2.37. The fourth-order valence-corrected chi connectivity index (χ4v) is 2.92. The molecule has 0 N–H and O–H groups in total. The summed E-state index contributed by atoms with van der Waals surface area (Å²) in [4.78, 5) is 14.7. The Bertz CT molecular complexity index is 676. The molecule has 0 saturated carbocycles. The second-order valence-corrected chi connectivity index (χ2v) is 6.09. The van der Waals surface area contributed by atoms with Crippen LogP contribution in [0.4, 0.5) is 10.1 Å².